The number of likely N-dealkylation sites (tertiary alicyclic amines) is 1. The number of amides is 1. The van der Waals surface area contributed by atoms with Crippen LogP contribution in [0.2, 0.25) is 0 Å². The van der Waals surface area contributed by atoms with Crippen LogP contribution in [0.5, 0.6) is 0 Å². The molecule has 2 heterocycles. The highest BCUT2D eigenvalue weighted by molar-refractivity contribution is 5.99. The standard InChI is InChI=1S/C14H21N3O/c1-4-16-12-5-7-15-9-11(12)13(18)17-8-6-14(2,3)10-17/h5,7,9H,4,6,8,10H2,1-3H3,(H,15,16). The molecule has 1 amide bonds. The lowest BCUT2D eigenvalue weighted by atomic mass is 9.93. The fraction of sp³-hybridized carbons (Fsp3) is 0.571. The molecule has 18 heavy (non-hydrogen) atoms. The first-order valence-corrected chi connectivity index (χ1v) is 6.51. The van der Waals surface area contributed by atoms with Gasteiger partial charge in [0.25, 0.3) is 5.91 Å². The molecule has 0 spiro atoms. The predicted molar refractivity (Wildman–Crippen MR) is 72.7 cm³/mol. The molecule has 0 aliphatic carbocycles. The van der Waals surface area contributed by atoms with Gasteiger partial charge in [-0.1, -0.05) is 13.8 Å². The van der Waals surface area contributed by atoms with Gasteiger partial charge in [0.1, 0.15) is 0 Å². The number of carbonyl (C=O) groups is 1. The lowest BCUT2D eigenvalue weighted by molar-refractivity contribution is 0.0779. The molecule has 1 aliphatic heterocycles. The topological polar surface area (TPSA) is 45.2 Å². The maximum Gasteiger partial charge on any atom is 0.257 e. The van der Waals surface area contributed by atoms with Gasteiger partial charge in [0.2, 0.25) is 0 Å². The van der Waals surface area contributed by atoms with Gasteiger partial charge in [-0.3, -0.25) is 9.78 Å². The van der Waals surface area contributed by atoms with Crippen LogP contribution in [0.1, 0.15) is 37.6 Å². The highest BCUT2D eigenvalue weighted by Crippen LogP contribution is 2.30. The summed E-state index contributed by atoms with van der Waals surface area (Å²) in [4.78, 5) is 18.5. The molecular weight excluding hydrogens is 226 g/mol. The molecular formula is C14H21N3O. The lowest BCUT2D eigenvalue weighted by Crippen LogP contribution is -2.31. The Morgan fingerprint density at radius 2 is 2.33 bits per heavy atom. The number of aromatic nitrogens is 1. The molecule has 0 bridgehead atoms. The number of hydrogen-bond acceptors (Lipinski definition) is 3. The molecule has 0 saturated carbocycles. The quantitative estimate of drug-likeness (QED) is 0.892. The molecule has 1 aromatic heterocycles. The van der Waals surface area contributed by atoms with Crippen LogP contribution < -0.4 is 5.32 Å². The first-order chi connectivity index (χ1) is 8.53. The summed E-state index contributed by atoms with van der Waals surface area (Å²) in [6.45, 7) is 8.89. The zero-order valence-corrected chi connectivity index (χ0v) is 11.4. The Morgan fingerprint density at radius 3 is 2.94 bits per heavy atom. The van der Waals surface area contributed by atoms with E-state index in [1.807, 2.05) is 17.9 Å². The van der Waals surface area contributed by atoms with E-state index in [0.717, 1.165) is 31.7 Å². The Hall–Kier alpha value is -1.58. The molecule has 0 aromatic carbocycles. The van der Waals surface area contributed by atoms with Crippen LogP contribution in [0.3, 0.4) is 0 Å². The number of rotatable bonds is 3. The molecule has 0 unspecified atom stereocenters. The van der Waals surface area contributed by atoms with Crippen LogP contribution in [0.25, 0.3) is 0 Å². The number of hydrogen-bond donors (Lipinski definition) is 1. The van der Waals surface area contributed by atoms with Gasteiger partial charge in [-0.25, -0.2) is 0 Å². The number of pyridine rings is 1. The molecule has 2 rings (SSSR count). The van der Waals surface area contributed by atoms with Crippen LogP contribution in [0.4, 0.5) is 5.69 Å². The van der Waals surface area contributed by atoms with E-state index in [1.165, 1.54) is 0 Å². The Labute approximate surface area is 108 Å². The van der Waals surface area contributed by atoms with Gasteiger partial charge >= 0.3 is 0 Å². The van der Waals surface area contributed by atoms with Crippen LogP contribution in [-0.2, 0) is 0 Å². The molecule has 1 aliphatic rings. The fourth-order valence-corrected chi connectivity index (χ4v) is 2.37. The summed E-state index contributed by atoms with van der Waals surface area (Å²) < 4.78 is 0. The third-order valence-corrected chi connectivity index (χ3v) is 3.38. The van der Waals surface area contributed by atoms with Gasteiger partial charge in [-0.15, -0.1) is 0 Å². The van der Waals surface area contributed by atoms with Crippen molar-refractivity contribution in [2.24, 2.45) is 5.41 Å². The summed E-state index contributed by atoms with van der Waals surface area (Å²) in [5, 5.41) is 3.21. The van der Waals surface area contributed by atoms with Gasteiger partial charge in [0.05, 0.1) is 11.3 Å². The molecule has 1 fully saturated rings. The van der Waals surface area contributed by atoms with Crippen molar-refractivity contribution in [2.45, 2.75) is 27.2 Å². The fourth-order valence-electron chi connectivity index (χ4n) is 2.37. The third-order valence-electron chi connectivity index (χ3n) is 3.38. The minimum atomic E-state index is 0.0876. The van der Waals surface area contributed by atoms with Crippen LogP contribution in [-0.4, -0.2) is 35.4 Å². The molecule has 0 radical (unpaired) electrons. The van der Waals surface area contributed by atoms with E-state index in [2.05, 4.69) is 24.1 Å². The Morgan fingerprint density at radius 1 is 1.56 bits per heavy atom. The van der Waals surface area contributed by atoms with E-state index in [4.69, 9.17) is 0 Å². The van der Waals surface area contributed by atoms with Crippen molar-refractivity contribution in [1.82, 2.24) is 9.88 Å². The normalized spacial score (nSPS) is 17.8. The molecule has 4 heteroatoms. The van der Waals surface area contributed by atoms with Crippen molar-refractivity contribution in [2.75, 3.05) is 25.0 Å². The Bertz CT molecular complexity index is 442. The van der Waals surface area contributed by atoms with Gasteiger partial charge < -0.3 is 10.2 Å². The van der Waals surface area contributed by atoms with Crippen molar-refractivity contribution in [3.05, 3.63) is 24.0 Å². The number of nitrogens with zero attached hydrogens (tertiary/aromatic N) is 2. The molecule has 1 aromatic rings. The first kappa shape index (κ1) is 12.9. The summed E-state index contributed by atoms with van der Waals surface area (Å²) in [6.07, 6.45) is 4.43. The van der Waals surface area contributed by atoms with Crippen molar-refractivity contribution >= 4 is 11.6 Å². The van der Waals surface area contributed by atoms with E-state index < -0.39 is 0 Å². The van der Waals surface area contributed by atoms with E-state index in [0.29, 0.717) is 5.56 Å². The summed E-state index contributed by atoms with van der Waals surface area (Å²) in [6, 6.07) is 1.86. The average Bonchev–Trinajstić information content (AvgIpc) is 2.70. The maximum atomic E-state index is 12.5. The number of anilines is 1. The molecule has 98 valence electrons. The van der Waals surface area contributed by atoms with Crippen LogP contribution >= 0.6 is 0 Å². The summed E-state index contributed by atoms with van der Waals surface area (Å²) >= 11 is 0. The largest absolute Gasteiger partial charge is 0.385 e. The number of carbonyl (C=O) groups excluding carboxylic acids is 1. The lowest BCUT2D eigenvalue weighted by Gasteiger charge is -2.21. The highest BCUT2D eigenvalue weighted by atomic mass is 16.2. The van der Waals surface area contributed by atoms with Gasteiger partial charge in [-0.2, -0.15) is 0 Å². The molecule has 4 nitrogen and oxygen atoms in total. The SMILES string of the molecule is CCNc1ccncc1C(=O)N1CCC(C)(C)C1. The summed E-state index contributed by atoms with van der Waals surface area (Å²) in [7, 11) is 0. The average molecular weight is 247 g/mol. The van der Waals surface area contributed by atoms with Gasteiger partial charge in [-0.05, 0) is 24.8 Å². The monoisotopic (exact) mass is 247 g/mol. The highest BCUT2D eigenvalue weighted by Gasteiger charge is 2.33. The Kier molecular flexibility index (Phi) is 3.55. The second-order valence-electron chi connectivity index (χ2n) is 5.59. The van der Waals surface area contributed by atoms with E-state index in [-0.39, 0.29) is 11.3 Å². The van der Waals surface area contributed by atoms with Gasteiger partial charge in [0, 0.05) is 32.0 Å². The third kappa shape index (κ3) is 2.63. The Balaban J connectivity index is 2.19. The minimum Gasteiger partial charge on any atom is -0.385 e. The van der Waals surface area contributed by atoms with E-state index >= 15 is 0 Å². The zero-order valence-electron chi connectivity index (χ0n) is 11.4. The molecule has 1 N–H and O–H groups in total. The molecule has 0 atom stereocenters. The maximum absolute atomic E-state index is 12.5. The van der Waals surface area contributed by atoms with E-state index in [9.17, 15) is 4.79 Å². The van der Waals surface area contributed by atoms with E-state index in [1.54, 1.807) is 12.4 Å². The summed E-state index contributed by atoms with van der Waals surface area (Å²) in [5.41, 5.74) is 1.79. The smallest absolute Gasteiger partial charge is 0.257 e. The van der Waals surface area contributed by atoms with Crippen LogP contribution in [0.15, 0.2) is 18.5 Å². The van der Waals surface area contributed by atoms with Crippen molar-refractivity contribution < 1.29 is 4.79 Å². The first-order valence-electron chi connectivity index (χ1n) is 6.51. The van der Waals surface area contributed by atoms with Gasteiger partial charge in [0.15, 0.2) is 0 Å². The zero-order chi connectivity index (χ0) is 13.2. The van der Waals surface area contributed by atoms with Crippen LogP contribution in [0, 0.1) is 5.41 Å². The second-order valence-corrected chi connectivity index (χ2v) is 5.59. The predicted octanol–water partition coefficient (Wildman–Crippen LogP) is 2.39. The van der Waals surface area contributed by atoms with Crippen molar-refractivity contribution in [3.63, 3.8) is 0 Å². The molecule has 1 saturated heterocycles. The van der Waals surface area contributed by atoms with Crippen molar-refractivity contribution in [3.8, 4) is 0 Å². The second kappa shape index (κ2) is 4.96. The van der Waals surface area contributed by atoms with Crippen molar-refractivity contribution in [1.29, 1.82) is 0 Å². The minimum absolute atomic E-state index is 0.0876. The number of nitrogens with one attached hydrogen (secondary N) is 1. The summed E-state index contributed by atoms with van der Waals surface area (Å²) in [5.74, 6) is 0.0876.